The van der Waals surface area contributed by atoms with Crippen LogP contribution in [0, 0.1) is 6.92 Å². The van der Waals surface area contributed by atoms with Gasteiger partial charge >= 0.3 is 0 Å². The second-order valence-electron chi connectivity index (χ2n) is 4.87. The molecule has 0 aliphatic rings. The summed E-state index contributed by atoms with van der Waals surface area (Å²) in [4.78, 5) is 4.27. The number of sulfonamides is 1. The van der Waals surface area contributed by atoms with Crippen molar-refractivity contribution in [1.82, 2.24) is 9.55 Å². The van der Waals surface area contributed by atoms with Crippen LogP contribution >= 0.6 is 0 Å². The highest BCUT2D eigenvalue weighted by molar-refractivity contribution is 7.89. The average Bonchev–Trinajstić information content (AvgIpc) is 2.77. The molecular weight excluding hydrogens is 290 g/mol. The Morgan fingerprint density at radius 2 is 2.10 bits per heavy atom. The molecule has 8 heteroatoms. The van der Waals surface area contributed by atoms with Crippen LogP contribution in [0.1, 0.15) is 11.4 Å². The van der Waals surface area contributed by atoms with E-state index >= 15 is 0 Å². The molecule has 2 rings (SSSR count). The lowest BCUT2D eigenvalue weighted by molar-refractivity contribution is 0.597. The summed E-state index contributed by atoms with van der Waals surface area (Å²) in [7, 11) is -1.87. The van der Waals surface area contributed by atoms with E-state index in [2.05, 4.69) is 10.3 Å². The number of anilines is 2. The summed E-state index contributed by atoms with van der Waals surface area (Å²) in [6.07, 6.45) is 4.32. The second kappa shape index (κ2) is 5.74. The second-order valence-corrected chi connectivity index (χ2v) is 6.40. The Labute approximate surface area is 124 Å². The van der Waals surface area contributed by atoms with Gasteiger partial charge in [-0.15, -0.1) is 0 Å². The van der Waals surface area contributed by atoms with Crippen LogP contribution in [-0.4, -0.2) is 24.5 Å². The monoisotopic (exact) mass is 309 g/mol. The van der Waals surface area contributed by atoms with Crippen LogP contribution in [0.5, 0.6) is 0 Å². The van der Waals surface area contributed by atoms with E-state index in [1.807, 2.05) is 17.8 Å². The average molecular weight is 309 g/mol. The van der Waals surface area contributed by atoms with E-state index in [0.29, 0.717) is 29.9 Å². The van der Waals surface area contributed by atoms with Crippen molar-refractivity contribution in [2.75, 3.05) is 17.6 Å². The number of hydrogen-bond donors (Lipinski definition) is 3. The third kappa shape index (κ3) is 3.53. The Morgan fingerprint density at radius 3 is 2.67 bits per heavy atom. The Hall–Kier alpha value is -2.06. The summed E-state index contributed by atoms with van der Waals surface area (Å²) in [5.41, 5.74) is 7.31. The maximum absolute atomic E-state index is 11.5. The minimum Gasteiger partial charge on any atom is -0.399 e. The van der Waals surface area contributed by atoms with E-state index in [-0.39, 0.29) is 4.90 Å². The third-order valence-electron chi connectivity index (χ3n) is 3.27. The number of hydrogen-bond acceptors (Lipinski definition) is 5. The summed E-state index contributed by atoms with van der Waals surface area (Å²) in [6, 6.07) is 3.07. The van der Waals surface area contributed by atoms with Crippen LogP contribution in [-0.2, 0) is 23.5 Å². The SMILES string of the molecule is Cc1c(NCCc2nccn2C)cc(N)cc1S(N)(=O)=O. The van der Waals surface area contributed by atoms with Crippen LogP contribution in [0.15, 0.2) is 29.4 Å². The lowest BCUT2D eigenvalue weighted by Crippen LogP contribution is -2.16. The van der Waals surface area contributed by atoms with Crippen LogP contribution in [0.3, 0.4) is 0 Å². The van der Waals surface area contributed by atoms with E-state index in [1.165, 1.54) is 6.07 Å². The molecule has 1 aromatic carbocycles. The van der Waals surface area contributed by atoms with Gasteiger partial charge in [0.05, 0.1) is 4.90 Å². The van der Waals surface area contributed by atoms with Crippen molar-refractivity contribution in [2.24, 2.45) is 12.2 Å². The van der Waals surface area contributed by atoms with E-state index < -0.39 is 10.0 Å². The predicted molar refractivity (Wildman–Crippen MR) is 82.4 cm³/mol. The molecule has 0 atom stereocenters. The zero-order chi connectivity index (χ0) is 15.6. The van der Waals surface area contributed by atoms with Gasteiger partial charge in [0.15, 0.2) is 0 Å². The van der Waals surface area contributed by atoms with E-state index in [0.717, 1.165) is 5.82 Å². The van der Waals surface area contributed by atoms with Gasteiger partial charge < -0.3 is 15.6 Å². The molecule has 114 valence electrons. The summed E-state index contributed by atoms with van der Waals surface area (Å²) in [6.45, 7) is 2.31. The number of nitrogens with zero attached hydrogens (tertiary/aromatic N) is 2. The molecular formula is C13H19N5O2S. The number of nitrogen functional groups attached to an aromatic ring is 1. The number of primary sulfonamides is 1. The van der Waals surface area contributed by atoms with Gasteiger partial charge in [-0.2, -0.15) is 0 Å². The van der Waals surface area contributed by atoms with Crippen molar-refractivity contribution in [2.45, 2.75) is 18.2 Å². The molecule has 0 aliphatic carbocycles. The maximum Gasteiger partial charge on any atom is 0.238 e. The number of benzene rings is 1. The first kappa shape index (κ1) is 15.3. The van der Waals surface area contributed by atoms with Gasteiger partial charge in [0, 0.05) is 43.8 Å². The van der Waals surface area contributed by atoms with Gasteiger partial charge in [-0.1, -0.05) is 0 Å². The third-order valence-corrected chi connectivity index (χ3v) is 4.31. The minimum absolute atomic E-state index is 0.0435. The molecule has 0 radical (unpaired) electrons. The molecule has 7 nitrogen and oxygen atoms in total. The van der Waals surface area contributed by atoms with Gasteiger partial charge in [-0.25, -0.2) is 18.5 Å². The molecule has 1 aromatic heterocycles. The van der Waals surface area contributed by atoms with Crippen molar-refractivity contribution in [3.63, 3.8) is 0 Å². The number of imidazole rings is 1. The van der Waals surface area contributed by atoms with Crippen molar-refractivity contribution in [3.05, 3.63) is 35.9 Å². The summed E-state index contributed by atoms with van der Waals surface area (Å²) >= 11 is 0. The highest BCUT2D eigenvalue weighted by atomic mass is 32.2. The van der Waals surface area contributed by atoms with Crippen LogP contribution < -0.4 is 16.2 Å². The molecule has 0 spiro atoms. The van der Waals surface area contributed by atoms with Gasteiger partial charge in [0.2, 0.25) is 10.0 Å². The Balaban J connectivity index is 2.17. The van der Waals surface area contributed by atoms with Crippen molar-refractivity contribution < 1.29 is 8.42 Å². The Bertz CT molecular complexity index is 752. The highest BCUT2D eigenvalue weighted by Gasteiger charge is 2.15. The number of rotatable bonds is 5. The molecule has 0 unspecified atom stereocenters. The van der Waals surface area contributed by atoms with Crippen LogP contribution in [0.2, 0.25) is 0 Å². The van der Waals surface area contributed by atoms with Gasteiger partial charge in [-0.3, -0.25) is 0 Å². The van der Waals surface area contributed by atoms with Gasteiger partial charge in [0.25, 0.3) is 0 Å². The summed E-state index contributed by atoms with van der Waals surface area (Å²) < 4.78 is 25.0. The minimum atomic E-state index is -3.79. The van der Waals surface area contributed by atoms with Crippen molar-refractivity contribution in [1.29, 1.82) is 0 Å². The van der Waals surface area contributed by atoms with E-state index in [9.17, 15) is 8.42 Å². The molecule has 0 amide bonds. The van der Waals surface area contributed by atoms with Crippen LogP contribution in [0.25, 0.3) is 0 Å². The molecule has 0 aliphatic heterocycles. The fraction of sp³-hybridized carbons (Fsp3) is 0.308. The maximum atomic E-state index is 11.5. The lowest BCUT2D eigenvalue weighted by atomic mass is 10.1. The molecule has 0 fully saturated rings. The fourth-order valence-electron chi connectivity index (χ4n) is 2.13. The largest absolute Gasteiger partial charge is 0.399 e. The Morgan fingerprint density at radius 1 is 1.38 bits per heavy atom. The topological polar surface area (TPSA) is 116 Å². The zero-order valence-corrected chi connectivity index (χ0v) is 12.8. The zero-order valence-electron chi connectivity index (χ0n) is 12.0. The summed E-state index contributed by atoms with van der Waals surface area (Å²) in [5.74, 6) is 0.940. The standard InChI is InChI=1S/C13H19N5O2S/c1-9-11(7-10(14)8-12(9)21(15,19)20)16-4-3-13-17-5-6-18(13)2/h5-8,16H,3-4,14H2,1-2H3,(H2,15,19,20). The number of nitrogens with two attached hydrogens (primary N) is 2. The van der Waals surface area contributed by atoms with Crippen molar-refractivity contribution in [3.8, 4) is 0 Å². The summed E-state index contributed by atoms with van der Waals surface area (Å²) in [5, 5.41) is 8.38. The molecule has 2 aromatic rings. The first-order chi connectivity index (χ1) is 9.79. The smallest absolute Gasteiger partial charge is 0.238 e. The lowest BCUT2D eigenvalue weighted by Gasteiger charge is -2.13. The first-order valence-electron chi connectivity index (χ1n) is 6.42. The van der Waals surface area contributed by atoms with Gasteiger partial charge in [-0.05, 0) is 24.6 Å². The van der Waals surface area contributed by atoms with Gasteiger partial charge in [0.1, 0.15) is 5.82 Å². The molecule has 21 heavy (non-hydrogen) atoms. The molecule has 0 saturated heterocycles. The van der Waals surface area contributed by atoms with E-state index in [1.54, 1.807) is 19.2 Å². The van der Waals surface area contributed by atoms with Crippen LogP contribution in [0.4, 0.5) is 11.4 Å². The van der Waals surface area contributed by atoms with Crippen molar-refractivity contribution >= 4 is 21.4 Å². The predicted octanol–water partition coefficient (Wildman–Crippen LogP) is 0.613. The normalized spacial score (nSPS) is 11.6. The molecule has 5 N–H and O–H groups in total. The fourth-order valence-corrected chi connectivity index (χ4v) is 2.97. The molecule has 0 saturated carbocycles. The number of nitrogens with one attached hydrogen (secondary N) is 1. The quantitative estimate of drug-likeness (QED) is 0.700. The number of aromatic nitrogens is 2. The highest BCUT2D eigenvalue weighted by Crippen LogP contribution is 2.25. The first-order valence-corrected chi connectivity index (χ1v) is 7.96. The molecule has 0 bridgehead atoms. The number of aryl methyl sites for hydroxylation is 1. The van der Waals surface area contributed by atoms with E-state index in [4.69, 9.17) is 10.9 Å². The molecule has 1 heterocycles. The Kier molecular flexibility index (Phi) is 4.19.